The Bertz CT molecular complexity index is 603. The summed E-state index contributed by atoms with van der Waals surface area (Å²) in [6.45, 7) is 1.05. The lowest BCUT2D eigenvalue weighted by Gasteiger charge is -2.06. The average molecular weight is 312 g/mol. The van der Waals surface area contributed by atoms with Gasteiger partial charge in [0.2, 0.25) is 5.91 Å². The molecule has 2 heterocycles. The zero-order valence-electron chi connectivity index (χ0n) is 10.8. The highest BCUT2D eigenvalue weighted by Gasteiger charge is 2.11. The molecule has 0 saturated carbocycles. The van der Waals surface area contributed by atoms with E-state index in [1.54, 1.807) is 11.3 Å². The van der Waals surface area contributed by atoms with E-state index in [1.807, 2.05) is 22.1 Å². The van der Waals surface area contributed by atoms with Crippen LogP contribution < -0.4 is 5.32 Å². The molecular weight excluding hydrogens is 296 g/mol. The van der Waals surface area contributed by atoms with E-state index in [0.717, 1.165) is 10.7 Å². The number of nitrogens with zero attached hydrogens (tertiary/aromatic N) is 2. The van der Waals surface area contributed by atoms with E-state index in [1.165, 1.54) is 0 Å². The van der Waals surface area contributed by atoms with Crippen molar-refractivity contribution in [3.63, 3.8) is 0 Å². The van der Waals surface area contributed by atoms with Crippen LogP contribution in [0.4, 0.5) is 0 Å². The monoisotopic (exact) mass is 312 g/mol. The first kappa shape index (κ1) is 14.9. The first-order chi connectivity index (χ1) is 9.72. The molecule has 0 aliphatic rings. The third kappa shape index (κ3) is 3.75. The Labute approximate surface area is 125 Å². The summed E-state index contributed by atoms with van der Waals surface area (Å²) in [6, 6.07) is 3.91. The fourth-order valence-corrected chi connectivity index (χ4v) is 2.67. The Morgan fingerprint density at radius 2 is 2.45 bits per heavy atom. The number of amides is 1. The van der Waals surface area contributed by atoms with Crippen LogP contribution in [0.25, 0.3) is 10.7 Å². The normalized spacial score (nSPS) is 10.7. The summed E-state index contributed by atoms with van der Waals surface area (Å²) < 4.78 is 2.34. The Kier molecular flexibility index (Phi) is 5.45. The molecule has 3 N–H and O–H groups in total. The van der Waals surface area contributed by atoms with Gasteiger partial charge in [-0.25, -0.2) is 0 Å². The van der Waals surface area contributed by atoms with E-state index in [4.69, 9.17) is 17.3 Å². The molecule has 0 unspecified atom stereocenters. The van der Waals surface area contributed by atoms with E-state index < -0.39 is 0 Å². The van der Waals surface area contributed by atoms with Crippen LogP contribution in [-0.4, -0.2) is 38.9 Å². The molecule has 0 aliphatic heterocycles. The maximum absolute atomic E-state index is 11.7. The van der Waals surface area contributed by atoms with Crippen LogP contribution in [0.1, 0.15) is 12.8 Å². The number of hydrogen-bond donors (Lipinski definition) is 3. The molecule has 2 aromatic heterocycles. The highest BCUT2D eigenvalue weighted by atomic mass is 32.1. The molecule has 2 aromatic rings. The highest BCUT2D eigenvalue weighted by Crippen LogP contribution is 2.22. The summed E-state index contributed by atoms with van der Waals surface area (Å²) in [5.41, 5.74) is 0. The minimum Gasteiger partial charge on any atom is -0.396 e. The lowest BCUT2D eigenvalue weighted by molar-refractivity contribution is -0.121. The second-order valence-electron chi connectivity index (χ2n) is 4.16. The molecule has 0 atom stereocenters. The number of H-pyrrole nitrogens is 1. The first-order valence-corrected chi connectivity index (χ1v) is 7.58. The van der Waals surface area contributed by atoms with Gasteiger partial charge in [0.1, 0.15) is 0 Å². The minimum atomic E-state index is -0.0568. The lowest BCUT2D eigenvalue weighted by Crippen LogP contribution is -2.26. The van der Waals surface area contributed by atoms with Gasteiger partial charge in [-0.15, -0.1) is 11.3 Å². The average Bonchev–Trinajstić information content (AvgIpc) is 3.06. The lowest BCUT2D eigenvalue weighted by atomic mass is 10.3. The molecule has 0 bridgehead atoms. The van der Waals surface area contributed by atoms with Crippen LogP contribution in [0.5, 0.6) is 0 Å². The highest BCUT2D eigenvalue weighted by molar-refractivity contribution is 7.71. The molecule has 0 radical (unpaired) electrons. The van der Waals surface area contributed by atoms with Gasteiger partial charge in [-0.05, 0) is 30.1 Å². The number of nitrogens with one attached hydrogen (secondary N) is 2. The van der Waals surface area contributed by atoms with Crippen molar-refractivity contribution in [2.24, 2.45) is 0 Å². The number of thiophene rings is 1. The molecule has 0 fully saturated rings. The number of aliphatic hydroxyl groups is 1. The van der Waals surface area contributed by atoms with E-state index in [-0.39, 0.29) is 12.5 Å². The molecule has 8 heteroatoms. The van der Waals surface area contributed by atoms with Crippen LogP contribution in [-0.2, 0) is 11.3 Å². The fraction of sp³-hybridized carbons (Fsp3) is 0.417. The number of carbonyl (C=O) groups excluding carboxylic acids is 1. The van der Waals surface area contributed by atoms with Gasteiger partial charge in [0.25, 0.3) is 0 Å². The van der Waals surface area contributed by atoms with Crippen LogP contribution in [0, 0.1) is 4.77 Å². The molecule has 20 heavy (non-hydrogen) atoms. The van der Waals surface area contributed by atoms with Crippen molar-refractivity contribution in [2.45, 2.75) is 19.4 Å². The standard InChI is InChI=1S/C12H16N4O2S2/c17-7-2-5-13-10(18)4-6-16-11(14-15-12(16)19)9-3-1-8-20-9/h1,3,8,17H,2,4-7H2,(H,13,18)(H,15,19). The topological polar surface area (TPSA) is 82.9 Å². The summed E-state index contributed by atoms with van der Waals surface area (Å²) in [6.07, 6.45) is 0.898. The van der Waals surface area contributed by atoms with Crippen molar-refractivity contribution in [3.05, 3.63) is 22.3 Å². The van der Waals surface area contributed by atoms with Crippen molar-refractivity contribution in [1.29, 1.82) is 0 Å². The second-order valence-corrected chi connectivity index (χ2v) is 5.49. The Hall–Kier alpha value is -1.51. The quantitative estimate of drug-likeness (QED) is 0.535. The zero-order chi connectivity index (χ0) is 14.4. The number of carbonyl (C=O) groups is 1. The van der Waals surface area contributed by atoms with Gasteiger partial charge in [-0.2, -0.15) is 5.10 Å². The van der Waals surface area contributed by atoms with Gasteiger partial charge in [0.05, 0.1) is 4.88 Å². The smallest absolute Gasteiger partial charge is 0.221 e. The molecule has 0 aromatic carbocycles. The predicted octanol–water partition coefficient (Wildman–Crippen LogP) is 1.56. The van der Waals surface area contributed by atoms with E-state index in [2.05, 4.69) is 15.5 Å². The van der Waals surface area contributed by atoms with Gasteiger partial charge in [-0.1, -0.05) is 6.07 Å². The summed E-state index contributed by atoms with van der Waals surface area (Å²) in [7, 11) is 0. The third-order valence-electron chi connectivity index (χ3n) is 2.72. The molecule has 0 spiro atoms. The number of aromatic amines is 1. The van der Waals surface area contributed by atoms with Crippen LogP contribution >= 0.6 is 23.6 Å². The Morgan fingerprint density at radius 3 is 3.15 bits per heavy atom. The largest absolute Gasteiger partial charge is 0.396 e. The van der Waals surface area contributed by atoms with Crippen molar-refractivity contribution in [1.82, 2.24) is 20.1 Å². The van der Waals surface area contributed by atoms with Gasteiger partial charge in [0.15, 0.2) is 10.6 Å². The summed E-state index contributed by atoms with van der Waals surface area (Å²) in [5.74, 6) is 0.701. The maximum atomic E-state index is 11.7. The molecular formula is C12H16N4O2S2. The van der Waals surface area contributed by atoms with Gasteiger partial charge in [-0.3, -0.25) is 14.5 Å². The molecule has 2 rings (SSSR count). The number of hydrogen-bond acceptors (Lipinski definition) is 5. The SMILES string of the molecule is O=C(CCn1c(-c2cccs2)n[nH]c1=S)NCCCO. The van der Waals surface area contributed by atoms with E-state index in [9.17, 15) is 4.79 Å². The Morgan fingerprint density at radius 1 is 1.60 bits per heavy atom. The number of rotatable bonds is 7. The van der Waals surface area contributed by atoms with Crippen molar-refractivity contribution >= 4 is 29.5 Å². The van der Waals surface area contributed by atoms with Crippen molar-refractivity contribution in [3.8, 4) is 10.7 Å². The molecule has 108 valence electrons. The van der Waals surface area contributed by atoms with Gasteiger partial charge < -0.3 is 10.4 Å². The summed E-state index contributed by atoms with van der Waals surface area (Å²) in [5, 5.41) is 20.3. The molecule has 6 nitrogen and oxygen atoms in total. The molecule has 1 amide bonds. The molecule has 0 aliphatic carbocycles. The van der Waals surface area contributed by atoms with Crippen molar-refractivity contribution in [2.75, 3.05) is 13.2 Å². The van der Waals surface area contributed by atoms with E-state index >= 15 is 0 Å². The van der Waals surface area contributed by atoms with E-state index in [0.29, 0.717) is 30.7 Å². The zero-order valence-corrected chi connectivity index (χ0v) is 12.5. The fourth-order valence-electron chi connectivity index (χ4n) is 1.73. The second kappa shape index (κ2) is 7.32. The van der Waals surface area contributed by atoms with Gasteiger partial charge in [0, 0.05) is 26.1 Å². The first-order valence-electron chi connectivity index (χ1n) is 6.29. The maximum Gasteiger partial charge on any atom is 0.221 e. The Balaban J connectivity index is 1.98. The summed E-state index contributed by atoms with van der Waals surface area (Å²) in [4.78, 5) is 12.7. The minimum absolute atomic E-state index is 0.0568. The van der Waals surface area contributed by atoms with Crippen LogP contribution in [0.2, 0.25) is 0 Å². The van der Waals surface area contributed by atoms with Gasteiger partial charge >= 0.3 is 0 Å². The van der Waals surface area contributed by atoms with Crippen LogP contribution in [0.15, 0.2) is 17.5 Å². The van der Waals surface area contributed by atoms with Crippen LogP contribution in [0.3, 0.4) is 0 Å². The molecule has 0 saturated heterocycles. The summed E-state index contributed by atoms with van der Waals surface area (Å²) >= 11 is 6.77. The van der Waals surface area contributed by atoms with Crippen molar-refractivity contribution < 1.29 is 9.90 Å². The number of aliphatic hydroxyl groups excluding tert-OH is 1. The third-order valence-corrected chi connectivity index (χ3v) is 3.90. The predicted molar refractivity (Wildman–Crippen MR) is 80.1 cm³/mol. The number of aromatic nitrogens is 3.